The highest BCUT2D eigenvalue weighted by Gasteiger charge is 2.46. The summed E-state index contributed by atoms with van der Waals surface area (Å²) in [5.41, 5.74) is 0. The van der Waals surface area contributed by atoms with Gasteiger partial charge in [-0.05, 0) is 50.4 Å². The van der Waals surface area contributed by atoms with Gasteiger partial charge in [-0.1, -0.05) is 32.6 Å². The van der Waals surface area contributed by atoms with Gasteiger partial charge in [0.2, 0.25) is 0 Å². The van der Waals surface area contributed by atoms with Crippen molar-refractivity contribution >= 4 is 5.97 Å². The van der Waals surface area contributed by atoms with Crippen LogP contribution >= 0.6 is 0 Å². The van der Waals surface area contributed by atoms with E-state index in [0.29, 0.717) is 12.1 Å². The second-order valence-corrected chi connectivity index (χ2v) is 7.16. The summed E-state index contributed by atoms with van der Waals surface area (Å²) in [5, 5.41) is 9.68. The normalized spacial score (nSPS) is 42.4. The molecule has 20 heavy (non-hydrogen) atoms. The van der Waals surface area contributed by atoms with Crippen molar-refractivity contribution in [1.82, 2.24) is 4.90 Å². The van der Waals surface area contributed by atoms with Gasteiger partial charge in [0.1, 0.15) is 6.04 Å². The summed E-state index contributed by atoms with van der Waals surface area (Å²) in [6.45, 7) is 2.28. The zero-order valence-electron chi connectivity index (χ0n) is 12.8. The molecule has 3 nitrogen and oxygen atoms in total. The highest BCUT2D eigenvalue weighted by Crippen LogP contribution is 2.43. The lowest BCUT2D eigenvalue weighted by molar-refractivity contribution is -0.151. The Morgan fingerprint density at radius 3 is 2.50 bits per heavy atom. The molecule has 2 saturated carbocycles. The molecular weight excluding hydrogens is 250 g/mol. The maximum atomic E-state index is 11.7. The highest BCUT2D eigenvalue weighted by molar-refractivity contribution is 5.73. The minimum atomic E-state index is -0.573. The largest absolute Gasteiger partial charge is 0.480 e. The Morgan fingerprint density at radius 1 is 1.00 bits per heavy atom. The third-order valence-electron chi connectivity index (χ3n) is 6.23. The van der Waals surface area contributed by atoms with Crippen LogP contribution in [0.15, 0.2) is 0 Å². The van der Waals surface area contributed by atoms with Crippen molar-refractivity contribution in [3.63, 3.8) is 0 Å². The standard InChI is InChI=1S/C17H29NO2/c1-2-12-7-5-9-14(12)18-15-8-4-3-6-13(15)10-11-16(18)17(19)20/h12-16H,2-11H2,1H3,(H,19,20). The first-order valence-electron chi connectivity index (χ1n) is 8.72. The fourth-order valence-electron chi connectivity index (χ4n) is 5.28. The second-order valence-electron chi connectivity index (χ2n) is 7.16. The molecule has 5 unspecified atom stereocenters. The van der Waals surface area contributed by atoms with E-state index in [9.17, 15) is 9.90 Å². The minimum Gasteiger partial charge on any atom is -0.480 e. The molecule has 0 spiro atoms. The average Bonchev–Trinajstić information content (AvgIpc) is 2.93. The Balaban J connectivity index is 1.85. The van der Waals surface area contributed by atoms with E-state index in [1.165, 1.54) is 51.4 Å². The van der Waals surface area contributed by atoms with Crippen LogP contribution < -0.4 is 0 Å². The second kappa shape index (κ2) is 6.05. The first kappa shape index (κ1) is 14.4. The van der Waals surface area contributed by atoms with Crippen molar-refractivity contribution in [3.8, 4) is 0 Å². The first-order valence-corrected chi connectivity index (χ1v) is 8.72. The Bertz CT molecular complexity index is 355. The summed E-state index contributed by atoms with van der Waals surface area (Å²) in [6.07, 6.45) is 12.3. The van der Waals surface area contributed by atoms with E-state index < -0.39 is 5.97 Å². The number of carboxylic acid groups (broad SMARTS) is 1. The number of rotatable bonds is 3. The molecule has 0 bridgehead atoms. The van der Waals surface area contributed by atoms with Gasteiger partial charge in [-0.15, -0.1) is 0 Å². The number of fused-ring (bicyclic) bond motifs is 1. The van der Waals surface area contributed by atoms with Crippen molar-refractivity contribution in [2.45, 2.75) is 89.3 Å². The Kier molecular flexibility index (Phi) is 4.34. The Morgan fingerprint density at radius 2 is 1.75 bits per heavy atom. The van der Waals surface area contributed by atoms with Gasteiger partial charge in [-0.2, -0.15) is 0 Å². The van der Waals surface area contributed by atoms with E-state index in [1.807, 2.05) is 0 Å². The van der Waals surface area contributed by atoms with Crippen LogP contribution in [-0.2, 0) is 4.79 Å². The van der Waals surface area contributed by atoms with Crippen molar-refractivity contribution in [2.75, 3.05) is 0 Å². The third kappa shape index (κ3) is 2.49. The molecule has 0 aromatic rings. The van der Waals surface area contributed by atoms with Gasteiger partial charge in [0.15, 0.2) is 0 Å². The molecule has 114 valence electrons. The van der Waals surface area contributed by atoms with Crippen LogP contribution in [0.2, 0.25) is 0 Å². The number of carbonyl (C=O) groups is 1. The van der Waals surface area contributed by atoms with Crippen LogP contribution in [0.1, 0.15) is 71.1 Å². The van der Waals surface area contributed by atoms with Crippen molar-refractivity contribution < 1.29 is 9.90 Å². The number of piperidine rings is 1. The van der Waals surface area contributed by atoms with E-state index in [-0.39, 0.29) is 6.04 Å². The number of hydrogen-bond acceptors (Lipinski definition) is 2. The summed E-state index contributed by atoms with van der Waals surface area (Å²) in [5.74, 6) is 0.936. The Labute approximate surface area is 122 Å². The number of likely N-dealkylation sites (tertiary alicyclic amines) is 1. The summed E-state index contributed by atoms with van der Waals surface area (Å²) < 4.78 is 0. The lowest BCUT2D eigenvalue weighted by atomic mass is 9.75. The molecule has 3 heteroatoms. The molecule has 3 aliphatic rings. The van der Waals surface area contributed by atoms with Crippen LogP contribution in [0.25, 0.3) is 0 Å². The van der Waals surface area contributed by atoms with Crippen molar-refractivity contribution in [1.29, 1.82) is 0 Å². The maximum Gasteiger partial charge on any atom is 0.320 e. The van der Waals surface area contributed by atoms with Crippen LogP contribution in [0.5, 0.6) is 0 Å². The summed E-state index contributed by atoms with van der Waals surface area (Å²) in [7, 11) is 0. The topological polar surface area (TPSA) is 40.5 Å². The first-order chi connectivity index (χ1) is 9.72. The predicted octanol–water partition coefficient (Wildman–Crippen LogP) is 3.67. The van der Waals surface area contributed by atoms with E-state index >= 15 is 0 Å². The molecule has 5 atom stereocenters. The van der Waals surface area contributed by atoms with Gasteiger partial charge in [0, 0.05) is 12.1 Å². The third-order valence-corrected chi connectivity index (χ3v) is 6.23. The van der Waals surface area contributed by atoms with Crippen LogP contribution in [-0.4, -0.2) is 34.1 Å². The fraction of sp³-hybridized carbons (Fsp3) is 0.941. The lowest BCUT2D eigenvalue weighted by Gasteiger charge is -2.51. The van der Waals surface area contributed by atoms with E-state index in [0.717, 1.165) is 24.7 Å². The molecule has 2 aliphatic carbocycles. The highest BCUT2D eigenvalue weighted by atomic mass is 16.4. The van der Waals surface area contributed by atoms with Crippen molar-refractivity contribution in [3.05, 3.63) is 0 Å². The molecule has 0 amide bonds. The molecule has 1 aliphatic heterocycles. The SMILES string of the molecule is CCC1CCCC1N1C(C(=O)O)CCC2CCCCC21. The van der Waals surface area contributed by atoms with E-state index in [4.69, 9.17) is 0 Å². The smallest absolute Gasteiger partial charge is 0.320 e. The summed E-state index contributed by atoms with van der Waals surface area (Å²) in [4.78, 5) is 14.2. The van der Waals surface area contributed by atoms with Crippen LogP contribution in [0, 0.1) is 11.8 Å². The zero-order valence-corrected chi connectivity index (χ0v) is 12.8. The number of aliphatic carboxylic acids is 1. The van der Waals surface area contributed by atoms with E-state index in [2.05, 4.69) is 11.8 Å². The zero-order chi connectivity index (χ0) is 14.1. The van der Waals surface area contributed by atoms with Gasteiger partial charge in [0.05, 0.1) is 0 Å². The van der Waals surface area contributed by atoms with Gasteiger partial charge < -0.3 is 5.11 Å². The lowest BCUT2D eigenvalue weighted by Crippen LogP contribution is -2.59. The molecule has 1 heterocycles. The van der Waals surface area contributed by atoms with Crippen molar-refractivity contribution in [2.24, 2.45) is 11.8 Å². The summed E-state index contributed by atoms with van der Waals surface area (Å²) in [6, 6.07) is 0.911. The van der Waals surface area contributed by atoms with Gasteiger partial charge in [-0.3, -0.25) is 9.69 Å². The Hall–Kier alpha value is -0.570. The predicted molar refractivity (Wildman–Crippen MR) is 79.7 cm³/mol. The number of carboxylic acids is 1. The number of hydrogen-bond donors (Lipinski definition) is 1. The quantitative estimate of drug-likeness (QED) is 0.857. The molecule has 3 fully saturated rings. The average molecular weight is 279 g/mol. The summed E-state index contributed by atoms with van der Waals surface area (Å²) >= 11 is 0. The molecule has 1 N–H and O–H groups in total. The van der Waals surface area contributed by atoms with Gasteiger partial charge >= 0.3 is 5.97 Å². The van der Waals surface area contributed by atoms with E-state index in [1.54, 1.807) is 0 Å². The molecule has 3 rings (SSSR count). The molecule has 0 aromatic heterocycles. The number of nitrogens with zero attached hydrogens (tertiary/aromatic N) is 1. The van der Waals surface area contributed by atoms with Crippen LogP contribution in [0.3, 0.4) is 0 Å². The van der Waals surface area contributed by atoms with Gasteiger partial charge in [0.25, 0.3) is 0 Å². The monoisotopic (exact) mass is 279 g/mol. The van der Waals surface area contributed by atoms with Crippen LogP contribution in [0.4, 0.5) is 0 Å². The minimum absolute atomic E-state index is 0.202. The fourth-order valence-corrected chi connectivity index (χ4v) is 5.28. The molecule has 1 saturated heterocycles. The molecule has 0 radical (unpaired) electrons. The molecule has 0 aromatic carbocycles. The molecular formula is C17H29NO2. The van der Waals surface area contributed by atoms with Gasteiger partial charge in [-0.25, -0.2) is 0 Å². The maximum absolute atomic E-state index is 11.7.